The normalized spacial score (nSPS) is 10.8. The molecule has 114 valence electrons. The minimum Gasteiger partial charge on any atom is -0.382 e. The molecule has 0 amide bonds. The fourth-order valence-corrected chi connectivity index (χ4v) is 1.82. The van der Waals surface area contributed by atoms with E-state index in [0.29, 0.717) is 25.6 Å². The topological polar surface area (TPSA) is 94.3 Å². The maximum absolute atomic E-state index is 5.48. The summed E-state index contributed by atoms with van der Waals surface area (Å²) in [7, 11) is 1.66. The van der Waals surface area contributed by atoms with Gasteiger partial charge in [-0.2, -0.15) is 0 Å². The van der Waals surface area contributed by atoms with Crippen LogP contribution in [0.5, 0.6) is 0 Å². The Kier molecular flexibility index (Phi) is 7.86. The summed E-state index contributed by atoms with van der Waals surface area (Å²) in [4.78, 5) is 8.41. The van der Waals surface area contributed by atoms with Crippen molar-refractivity contribution >= 4 is 11.6 Å². The average Bonchev–Trinajstić information content (AvgIpc) is 2.45. The highest BCUT2D eigenvalue weighted by Crippen LogP contribution is 2.27. The highest BCUT2D eigenvalue weighted by atomic mass is 16.5. The number of hydrazine groups is 1. The predicted octanol–water partition coefficient (Wildman–Crippen LogP) is 1.35. The second-order valence-corrected chi connectivity index (χ2v) is 4.67. The minimum atomic E-state index is 0.280. The number of ether oxygens (including phenoxy) is 2. The number of aromatic nitrogens is 2. The van der Waals surface area contributed by atoms with Gasteiger partial charge < -0.3 is 20.2 Å². The molecule has 1 rings (SSSR count). The first kappa shape index (κ1) is 16.6. The number of nitrogens with one attached hydrogen (secondary N) is 2. The van der Waals surface area contributed by atoms with Gasteiger partial charge in [0, 0.05) is 25.8 Å². The van der Waals surface area contributed by atoms with Gasteiger partial charge >= 0.3 is 0 Å². The van der Waals surface area contributed by atoms with Crippen molar-refractivity contribution in [3.63, 3.8) is 0 Å². The zero-order valence-corrected chi connectivity index (χ0v) is 12.5. The van der Waals surface area contributed by atoms with Crippen LogP contribution in [0.3, 0.4) is 0 Å². The Bertz CT molecular complexity index is 387. The van der Waals surface area contributed by atoms with Gasteiger partial charge in [0.2, 0.25) is 0 Å². The van der Waals surface area contributed by atoms with Crippen molar-refractivity contribution in [2.24, 2.45) is 5.84 Å². The first-order valence-corrected chi connectivity index (χ1v) is 6.82. The number of anilines is 2. The molecule has 1 heterocycles. The molecule has 0 saturated carbocycles. The smallest absolute Gasteiger partial charge is 0.148 e. The molecule has 1 aromatic heterocycles. The molecule has 7 heteroatoms. The summed E-state index contributed by atoms with van der Waals surface area (Å²) < 4.78 is 10.3. The third-order valence-electron chi connectivity index (χ3n) is 2.79. The number of methoxy groups -OCH3 is 1. The van der Waals surface area contributed by atoms with Crippen LogP contribution in [0.4, 0.5) is 11.6 Å². The zero-order valence-electron chi connectivity index (χ0n) is 12.5. The summed E-state index contributed by atoms with van der Waals surface area (Å²) in [5.74, 6) is 7.24. The lowest BCUT2D eigenvalue weighted by molar-refractivity contribution is 0.0705. The number of hydrogen-bond acceptors (Lipinski definition) is 7. The van der Waals surface area contributed by atoms with Gasteiger partial charge in [-0.25, -0.2) is 15.8 Å². The van der Waals surface area contributed by atoms with Gasteiger partial charge in [-0.1, -0.05) is 13.8 Å². The summed E-state index contributed by atoms with van der Waals surface area (Å²) in [6.45, 7) is 6.90. The Hall–Kier alpha value is -1.44. The Balaban J connectivity index is 2.43. The van der Waals surface area contributed by atoms with E-state index in [4.69, 9.17) is 15.3 Å². The summed E-state index contributed by atoms with van der Waals surface area (Å²) in [5, 5.41) is 3.30. The third kappa shape index (κ3) is 5.28. The summed E-state index contributed by atoms with van der Waals surface area (Å²) in [5.41, 5.74) is 3.61. The van der Waals surface area contributed by atoms with Crippen molar-refractivity contribution in [3.05, 3.63) is 11.9 Å². The Morgan fingerprint density at radius 1 is 1.20 bits per heavy atom. The van der Waals surface area contributed by atoms with Gasteiger partial charge in [0.15, 0.2) is 0 Å². The minimum absolute atomic E-state index is 0.280. The molecule has 0 unspecified atom stereocenters. The largest absolute Gasteiger partial charge is 0.382 e. The lowest BCUT2D eigenvalue weighted by atomic mass is 10.0. The number of rotatable bonds is 10. The van der Waals surface area contributed by atoms with Crippen LogP contribution in [0.1, 0.15) is 31.7 Å². The van der Waals surface area contributed by atoms with Crippen LogP contribution in [-0.2, 0) is 9.47 Å². The van der Waals surface area contributed by atoms with Gasteiger partial charge in [0.05, 0.1) is 13.2 Å². The molecule has 0 aliphatic carbocycles. The van der Waals surface area contributed by atoms with Crippen LogP contribution in [0.15, 0.2) is 6.33 Å². The molecule has 20 heavy (non-hydrogen) atoms. The third-order valence-corrected chi connectivity index (χ3v) is 2.79. The van der Waals surface area contributed by atoms with E-state index in [1.54, 1.807) is 7.11 Å². The van der Waals surface area contributed by atoms with Gasteiger partial charge in [0.25, 0.3) is 0 Å². The standard InChI is InChI=1S/C13H25N5O2/c1-10(2)11-12(16-9-17-13(11)18-14)15-5-4-6-20-8-7-19-3/h9-10H,4-8,14H2,1-3H3,(H2,15,16,17,18). The molecule has 4 N–H and O–H groups in total. The highest BCUT2D eigenvalue weighted by Gasteiger charge is 2.13. The van der Waals surface area contributed by atoms with Crippen molar-refractivity contribution in [1.82, 2.24) is 9.97 Å². The lowest BCUT2D eigenvalue weighted by Gasteiger charge is -2.16. The molecule has 0 saturated heterocycles. The van der Waals surface area contributed by atoms with E-state index in [-0.39, 0.29) is 5.92 Å². The summed E-state index contributed by atoms with van der Waals surface area (Å²) >= 11 is 0. The van der Waals surface area contributed by atoms with Gasteiger partial charge in [-0.05, 0) is 12.3 Å². The monoisotopic (exact) mass is 283 g/mol. The molecule has 0 bridgehead atoms. The Morgan fingerprint density at radius 2 is 1.95 bits per heavy atom. The fraction of sp³-hybridized carbons (Fsp3) is 0.692. The van der Waals surface area contributed by atoms with Crippen LogP contribution in [0, 0.1) is 0 Å². The SMILES string of the molecule is COCCOCCCNc1ncnc(NN)c1C(C)C. The molecule has 1 aromatic rings. The predicted molar refractivity (Wildman–Crippen MR) is 79.7 cm³/mol. The molecule has 0 aliphatic heterocycles. The van der Waals surface area contributed by atoms with E-state index in [0.717, 1.165) is 24.3 Å². The van der Waals surface area contributed by atoms with E-state index < -0.39 is 0 Å². The quantitative estimate of drug-likeness (QED) is 0.339. The van der Waals surface area contributed by atoms with Crippen LogP contribution >= 0.6 is 0 Å². The van der Waals surface area contributed by atoms with Crippen molar-refractivity contribution in [2.75, 3.05) is 44.2 Å². The first-order valence-electron chi connectivity index (χ1n) is 6.82. The summed E-state index contributed by atoms with van der Waals surface area (Å²) in [6, 6.07) is 0. The second-order valence-electron chi connectivity index (χ2n) is 4.67. The molecule has 0 spiro atoms. The van der Waals surface area contributed by atoms with E-state index >= 15 is 0 Å². The molecular formula is C13H25N5O2. The number of nitrogen functional groups attached to an aromatic ring is 1. The van der Waals surface area contributed by atoms with Gasteiger partial charge in [-0.3, -0.25) is 0 Å². The highest BCUT2D eigenvalue weighted by molar-refractivity contribution is 5.58. The van der Waals surface area contributed by atoms with E-state index in [2.05, 4.69) is 34.6 Å². The number of nitrogens with zero attached hydrogens (tertiary/aromatic N) is 2. The molecule has 0 radical (unpaired) electrons. The molecule has 0 aliphatic rings. The Labute approximate surface area is 120 Å². The van der Waals surface area contributed by atoms with Gasteiger partial charge in [0.1, 0.15) is 18.0 Å². The van der Waals surface area contributed by atoms with Crippen LogP contribution in [0.25, 0.3) is 0 Å². The number of hydrogen-bond donors (Lipinski definition) is 3. The zero-order chi connectivity index (χ0) is 14.8. The van der Waals surface area contributed by atoms with Crippen LogP contribution in [-0.4, -0.2) is 43.4 Å². The molecule has 0 fully saturated rings. The van der Waals surface area contributed by atoms with E-state index in [9.17, 15) is 0 Å². The average molecular weight is 283 g/mol. The lowest BCUT2D eigenvalue weighted by Crippen LogP contribution is -2.16. The maximum atomic E-state index is 5.48. The van der Waals surface area contributed by atoms with E-state index in [1.165, 1.54) is 6.33 Å². The molecule has 0 aromatic carbocycles. The Morgan fingerprint density at radius 3 is 2.60 bits per heavy atom. The molecule has 7 nitrogen and oxygen atoms in total. The van der Waals surface area contributed by atoms with E-state index in [1.807, 2.05) is 0 Å². The van der Waals surface area contributed by atoms with Crippen LogP contribution < -0.4 is 16.6 Å². The van der Waals surface area contributed by atoms with Crippen LogP contribution in [0.2, 0.25) is 0 Å². The van der Waals surface area contributed by atoms with Crippen molar-refractivity contribution in [1.29, 1.82) is 0 Å². The van der Waals surface area contributed by atoms with Crippen molar-refractivity contribution in [3.8, 4) is 0 Å². The molecular weight excluding hydrogens is 258 g/mol. The first-order chi connectivity index (χ1) is 9.70. The number of nitrogens with two attached hydrogens (primary N) is 1. The second kappa shape index (κ2) is 9.46. The fourth-order valence-electron chi connectivity index (χ4n) is 1.82. The maximum Gasteiger partial charge on any atom is 0.148 e. The van der Waals surface area contributed by atoms with Crippen molar-refractivity contribution < 1.29 is 9.47 Å². The summed E-state index contributed by atoms with van der Waals surface area (Å²) in [6.07, 6.45) is 2.40. The van der Waals surface area contributed by atoms with Crippen molar-refractivity contribution in [2.45, 2.75) is 26.2 Å². The van der Waals surface area contributed by atoms with Gasteiger partial charge in [-0.15, -0.1) is 0 Å². The molecule has 0 atom stereocenters.